The highest BCUT2D eigenvalue weighted by atomic mass is 19.4. The molecule has 0 atom stereocenters. The predicted octanol–water partition coefficient (Wildman–Crippen LogP) is 5.77. The van der Waals surface area contributed by atoms with E-state index >= 15 is 0 Å². The first-order valence-corrected chi connectivity index (χ1v) is 9.45. The molecule has 0 saturated carbocycles. The van der Waals surface area contributed by atoms with E-state index in [1.54, 1.807) is 36.4 Å². The second-order valence-corrected chi connectivity index (χ2v) is 7.20. The van der Waals surface area contributed by atoms with Crippen molar-refractivity contribution in [3.8, 4) is 0 Å². The molecule has 0 saturated heterocycles. The van der Waals surface area contributed by atoms with Crippen molar-refractivity contribution in [3.05, 3.63) is 82.0 Å². The zero-order valence-corrected chi connectivity index (χ0v) is 16.8. The fourth-order valence-electron chi connectivity index (χ4n) is 3.02. The number of aromatic nitrogens is 2. The van der Waals surface area contributed by atoms with Crippen LogP contribution in [0.15, 0.2) is 60.8 Å². The highest BCUT2D eigenvalue weighted by Crippen LogP contribution is 2.37. The number of benzene rings is 2. The molecule has 0 radical (unpaired) electrons. The minimum atomic E-state index is -4.75. The molecule has 0 bridgehead atoms. The van der Waals surface area contributed by atoms with Crippen LogP contribution in [0.1, 0.15) is 25.0 Å². The summed E-state index contributed by atoms with van der Waals surface area (Å²) in [5.74, 6) is -0.779. The van der Waals surface area contributed by atoms with Crippen molar-refractivity contribution < 1.29 is 18.2 Å². The molecule has 0 amide bonds. The molecule has 0 aliphatic heterocycles. The lowest BCUT2D eigenvalue weighted by Gasteiger charge is -2.18. The lowest BCUT2D eigenvalue weighted by molar-refractivity contribution is -0.484. The van der Waals surface area contributed by atoms with Gasteiger partial charge in [-0.15, -0.1) is 0 Å². The molecule has 3 aromatic rings. The van der Waals surface area contributed by atoms with Crippen LogP contribution in [0.2, 0.25) is 0 Å². The predicted molar refractivity (Wildman–Crippen MR) is 111 cm³/mol. The Hall–Kier alpha value is -3.69. The van der Waals surface area contributed by atoms with E-state index in [2.05, 4.69) is 15.3 Å². The first-order valence-electron chi connectivity index (χ1n) is 9.45. The van der Waals surface area contributed by atoms with E-state index in [9.17, 15) is 23.3 Å². The molecule has 0 unspecified atom stereocenters. The van der Waals surface area contributed by atoms with Gasteiger partial charge >= 0.3 is 6.18 Å². The molecule has 0 aliphatic rings. The van der Waals surface area contributed by atoms with Gasteiger partial charge < -0.3 is 5.32 Å². The fraction of sp³-hybridized carbons (Fsp3) is 0.238. The normalized spacial score (nSPS) is 11.4. The van der Waals surface area contributed by atoms with Crippen molar-refractivity contribution in [1.29, 1.82) is 0 Å². The van der Waals surface area contributed by atoms with Crippen LogP contribution in [0.5, 0.6) is 0 Å². The van der Waals surface area contributed by atoms with Crippen LogP contribution in [0.25, 0.3) is 0 Å². The second kappa shape index (κ2) is 8.99. The third-order valence-electron chi connectivity index (χ3n) is 4.33. The number of hydrogen-bond donors (Lipinski definition) is 1. The molecule has 10 heteroatoms. The third kappa shape index (κ3) is 5.27. The quantitative estimate of drug-likeness (QED) is 0.378. The van der Waals surface area contributed by atoms with Gasteiger partial charge in [-0.3, -0.25) is 0 Å². The average Bonchev–Trinajstić information content (AvgIpc) is 2.69. The molecule has 7 nitrogen and oxygen atoms in total. The fourth-order valence-corrected chi connectivity index (χ4v) is 3.02. The number of halogens is 3. The molecule has 1 N–H and O–H groups in total. The number of alkyl halides is 3. The Morgan fingerprint density at radius 2 is 1.74 bits per heavy atom. The first-order chi connectivity index (χ1) is 14.7. The van der Waals surface area contributed by atoms with Crippen molar-refractivity contribution in [2.45, 2.75) is 26.4 Å². The van der Waals surface area contributed by atoms with Crippen molar-refractivity contribution in [2.24, 2.45) is 5.92 Å². The number of nitrogens with one attached hydrogen (secondary N) is 1. The van der Waals surface area contributed by atoms with Gasteiger partial charge in [0.25, 0.3) is 5.95 Å². The molecule has 1 heterocycles. The molecule has 3 rings (SSSR count). The Morgan fingerprint density at radius 1 is 1.10 bits per heavy atom. The summed E-state index contributed by atoms with van der Waals surface area (Å²) < 4.78 is 40.8. The number of anilines is 4. The van der Waals surface area contributed by atoms with Gasteiger partial charge in [0.1, 0.15) is 17.1 Å². The number of hydrazine groups is 1. The lowest BCUT2D eigenvalue weighted by Crippen LogP contribution is -2.27. The van der Waals surface area contributed by atoms with Crippen LogP contribution in [-0.2, 0) is 12.6 Å². The van der Waals surface area contributed by atoms with Gasteiger partial charge in [0, 0.05) is 11.9 Å². The maximum absolute atomic E-state index is 13.6. The summed E-state index contributed by atoms with van der Waals surface area (Å²) in [6.07, 6.45) is -3.57. The number of para-hydroxylation sites is 2. The molecule has 0 spiro atoms. The molecular formula is C21H20F3N5O2. The molecular weight excluding hydrogens is 411 g/mol. The van der Waals surface area contributed by atoms with Crippen LogP contribution >= 0.6 is 0 Å². The van der Waals surface area contributed by atoms with Crippen molar-refractivity contribution in [2.75, 3.05) is 10.3 Å². The number of nitro groups is 1. The number of rotatable bonds is 7. The zero-order chi connectivity index (χ0) is 22.6. The maximum Gasteiger partial charge on any atom is 0.421 e. The lowest BCUT2D eigenvalue weighted by atomic mass is 10.0. The van der Waals surface area contributed by atoms with Crippen LogP contribution in [0.3, 0.4) is 0 Å². The molecule has 2 aromatic carbocycles. The third-order valence-corrected chi connectivity index (χ3v) is 4.33. The Morgan fingerprint density at radius 3 is 2.35 bits per heavy atom. The topological polar surface area (TPSA) is 84.2 Å². The van der Waals surface area contributed by atoms with E-state index in [0.29, 0.717) is 23.3 Å². The van der Waals surface area contributed by atoms with Crippen LogP contribution in [-0.4, -0.2) is 15.0 Å². The summed E-state index contributed by atoms with van der Waals surface area (Å²) in [4.78, 5) is 19.2. The van der Waals surface area contributed by atoms with Crippen LogP contribution < -0.4 is 10.3 Å². The van der Waals surface area contributed by atoms with Gasteiger partial charge in [-0.2, -0.15) is 18.2 Å². The summed E-state index contributed by atoms with van der Waals surface area (Å²) in [5, 5.41) is 14.1. The summed E-state index contributed by atoms with van der Waals surface area (Å²) in [7, 11) is 0. The largest absolute Gasteiger partial charge is 0.421 e. The van der Waals surface area contributed by atoms with E-state index in [0.717, 1.165) is 5.56 Å². The van der Waals surface area contributed by atoms with Gasteiger partial charge in [0.15, 0.2) is 5.03 Å². The van der Waals surface area contributed by atoms with E-state index < -0.39 is 28.5 Å². The molecule has 31 heavy (non-hydrogen) atoms. The molecule has 162 valence electrons. The monoisotopic (exact) mass is 431 g/mol. The first kappa shape index (κ1) is 22.0. The smallest absolute Gasteiger partial charge is 0.339 e. The summed E-state index contributed by atoms with van der Waals surface area (Å²) >= 11 is 0. The van der Waals surface area contributed by atoms with E-state index in [-0.39, 0.29) is 11.6 Å². The minimum absolute atomic E-state index is 0.110. The van der Waals surface area contributed by atoms with Gasteiger partial charge in [0.2, 0.25) is 0 Å². The summed E-state index contributed by atoms with van der Waals surface area (Å²) in [6.45, 7) is 3.99. The van der Waals surface area contributed by atoms with E-state index in [4.69, 9.17) is 0 Å². The SMILES string of the molecule is CC(C)Cc1ccccc1Nc1nc(N(c2ccccc2)[N+](=O)[O-])ncc1C(F)(F)F. The van der Waals surface area contributed by atoms with Gasteiger partial charge in [-0.25, -0.2) is 15.1 Å². The Bertz CT molecular complexity index is 1060. The summed E-state index contributed by atoms with van der Waals surface area (Å²) in [5.41, 5.74) is 0.240. The van der Waals surface area contributed by atoms with E-state index in [1.165, 1.54) is 12.1 Å². The second-order valence-electron chi connectivity index (χ2n) is 7.20. The molecule has 0 fully saturated rings. The Labute approximate surface area is 176 Å². The van der Waals surface area contributed by atoms with Crippen molar-refractivity contribution in [1.82, 2.24) is 9.97 Å². The van der Waals surface area contributed by atoms with Gasteiger partial charge in [0.05, 0.1) is 0 Å². The standard InChI is InChI=1S/C21H20F3N5O2/c1-14(2)12-15-8-6-7-11-18(15)26-19-17(21(22,23)24)13-25-20(27-19)28(29(30)31)16-9-4-3-5-10-16/h3-11,13-14H,12H2,1-2H3,(H,25,26,27). The maximum atomic E-state index is 13.6. The highest BCUT2D eigenvalue weighted by molar-refractivity contribution is 5.65. The zero-order valence-electron chi connectivity index (χ0n) is 16.8. The average molecular weight is 431 g/mol. The van der Waals surface area contributed by atoms with Crippen LogP contribution in [0, 0.1) is 16.0 Å². The van der Waals surface area contributed by atoms with Gasteiger partial charge in [-0.05, 0) is 41.1 Å². The van der Waals surface area contributed by atoms with E-state index in [1.807, 2.05) is 19.9 Å². The van der Waals surface area contributed by atoms with Crippen molar-refractivity contribution >= 4 is 23.1 Å². The van der Waals surface area contributed by atoms with Gasteiger partial charge in [-0.1, -0.05) is 50.2 Å². The Kier molecular flexibility index (Phi) is 6.38. The molecule has 1 aromatic heterocycles. The molecule has 0 aliphatic carbocycles. The van der Waals surface area contributed by atoms with Crippen molar-refractivity contribution in [3.63, 3.8) is 0 Å². The summed E-state index contributed by atoms with van der Waals surface area (Å²) in [6, 6.07) is 14.6. The number of hydrogen-bond acceptors (Lipinski definition) is 5. The Balaban J connectivity index is 2.10. The minimum Gasteiger partial charge on any atom is -0.339 e. The highest BCUT2D eigenvalue weighted by Gasteiger charge is 2.37. The number of nitrogens with zero attached hydrogens (tertiary/aromatic N) is 4. The van der Waals surface area contributed by atoms with Crippen LogP contribution in [0.4, 0.5) is 36.3 Å².